The fourth-order valence-electron chi connectivity index (χ4n) is 4.68. The van der Waals surface area contributed by atoms with Gasteiger partial charge in [0.2, 0.25) is 0 Å². The van der Waals surface area contributed by atoms with Crippen LogP contribution in [0.5, 0.6) is 0 Å². The molecule has 0 amide bonds. The van der Waals surface area contributed by atoms with Gasteiger partial charge in [0.1, 0.15) is 0 Å². The smallest absolute Gasteiger partial charge is 0.310 e. The largest absolute Gasteiger partial charge is 0.446 e. The topological polar surface area (TPSA) is 29.5 Å². The van der Waals surface area contributed by atoms with Crippen LogP contribution >= 0.6 is 0 Å². The summed E-state index contributed by atoms with van der Waals surface area (Å²) in [6, 6.07) is 0. The van der Waals surface area contributed by atoms with Crippen molar-refractivity contribution < 1.29 is 9.53 Å². The molecule has 0 aromatic heterocycles. The number of carbonyl (C=O) groups excluding carboxylic acids is 1. The Morgan fingerprint density at radius 2 is 1.59 bits per heavy atom. The average molecular weight is 309 g/mol. The summed E-state index contributed by atoms with van der Waals surface area (Å²) in [5, 5.41) is 0. The van der Waals surface area contributed by atoms with Gasteiger partial charge in [-0.05, 0) is 66.2 Å². The molecule has 1 unspecified atom stereocenters. The zero-order chi connectivity index (χ0) is 16.4. The van der Waals surface area contributed by atoms with Crippen LogP contribution in [-0.4, -0.2) is 28.2 Å². The quantitative estimate of drug-likeness (QED) is 0.693. The number of piperidine rings is 1. The lowest BCUT2D eigenvalue weighted by Crippen LogP contribution is -2.63. The normalized spacial score (nSPS) is 27.3. The van der Waals surface area contributed by atoms with Gasteiger partial charge in [-0.15, -0.1) is 0 Å². The average Bonchev–Trinajstić information content (AvgIpc) is 2.45. The van der Waals surface area contributed by atoms with E-state index in [2.05, 4.69) is 39.5 Å². The predicted octanol–water partition coefficient (Wildman–Crippen LogP) is 4.89. The maximum atomic E-state index is 12.6. The summed E-state index contributed by atoms with van der Waals surface area (Å²) in [4.78, 5) is 15.1. The first-order valence-electron chi connectivity index (χ1n) is 9.28. The molecule has 0 spiro atoms. The second-order valence-corrected chi connectivity index (χ2v) is 8.48. The Morgan fingerprint density at radius 3 is 2.09 bits per heavy atom. The van der Waals surface area contributed by atoms with Gasteiger partial charge < -0.3 is 4.74 Å². The van der Waals surface area contributed by atoms with E-state index in [-0.39, 0.29) is 29.2 Å². The van der Waals surface area contributed by atoms with E-state index in [9.17, 15) is 4.79 Å². The van der Waals surface area contributed by atoms with E-state index in [0.717, 1.165) is 19.3 Å². The van der Waals surface area contributed by atoms with E-state index >= 15 is 0 Å². The van der Waals surface area contributed by atoms with Gasteiger partial charge in [0.15, 0.2) is 6.23 Å². The molecule has 1 atom stereocenters. The number of rotatable bonds is 4. The summed E-state index contributed by atoms with van der Waals surface area (Å²) in [5.74, 6) is 0.183. The van der Waals surface area contributed by atoms with Gasteiger partial charge in [-0.25, -0.2) is 0 Å². The highest BCUT2D eigenvalue weighted by molar-refractivity contribution is 5.72. The number of carbonyl (C=O) groups is 1. The zero-order valence-corrected chi connectivity index (χ0v) is 15.3. The third kappa shape index (κ3) is 3.84. The number of ether oxygens (including phenoxy) is 1. The van der Waals surface area contributed by atoms with Crippen molar-refractivity contribution in [3.05, 3.63) is 0 Å². The number of nitrogens with zero attached hydrogens (tertiary/aromatic N) is 1. The first-order valence-corrected chi connectivity index (χ1v) is 9.28. The van der Waals surface area contributed by atoms with Crippen LogP contribution in [0.4, 0.5) is 0 Å². The molecule has 0 aromatic rings. The summed E-state index contributed by atoms with van der Waals surface area (Å²) < 4.78 is 6.04. The zero-order valence-electron chi connectivity index (χ0n) is 15.3. The van der Waals surface area contributed by atoms with Crippen molar-refractivity contribution >= 4 is 5.97 Å². The molecule has 2 rings (SSSR count). The predicted molar refractivity (Wildman–Crippen MR) is 90.6 cm³/mol. The Morgan fingerprint density at radius 1 is 1.05 bits per heavy atom. The third-order valence-electron chi connectivity index (χ3n) is 5.71. The highest BCUT2D eigenvalue weighted by Gasteiger charge is 2.46. The molecule has 1 heterocycles. The minimum Gasteiger partial charge on any atom is -0.446 e. The van der Waals surface area contributed by atoms with Crippen LogP contribution < -0.4 is 0 Å². The summed E-state index contributed by atoms with van der Waals surface area (Å²) in [7, 11) is 0. The molecular weight excluding hydrogens is 274 g/mol. The Balaban J connectivity index is 2.10. The minimum atomic E-state index is -0.0836. The molecule has 3 nitrogen and oxygen atoms in total. The van der Waals surface area contributed by atoms with Gasteiger partial charge in [0, 0.05) is 11.1 Å². The number of esters is 1. The fraction of sp³-hybridized carbons (Fsp3) is 0.947. The number of likely N-dealkylation sites (tertiary alicyclic amines) is 1. The van der Waals surface area contributed by atoms with Crippen LogP contribution in [-0.2, 0) is 9.53 Å². The second-order valence-electron chi connectivity index (χ2n) is 8.48. The van der Waals surface area contributed by atoms with Crippen molar-refractivity contribution in [3.8, 4) is 0 Å². The van der Waals surface area contributed by atoms with Gasteiger partial charge >= 0.3 is 5.97 Å². The Kier molecular flexibility index (Phi) is 5.58. The lowest BCUT2D eigenvalue weighted by Gasteiger charge is -2.55. The van der Waals surface area contributed by atoms with E-state index < -0.39 is 0 Å². The van der Waals surface area contributed by atoms with Crippen LogP contribution in [0.3, 0.4) is 0 Å². The molecule has 1 aliphatic carbocycles. The van der Waals surface area contributed by atoms with E-state index in [1.165, 1.54) is 38.5 Å². The Bertz CT molecular complexity index is 367. The molecule has 0 N–H and O–H groups in total. The first kappa shape index (κ1) is 17.8. The van der Waals surface area contributed by atoms with Gasteiger partial charge in [0.25, 0.3) is 0 Å². The van der Waals surface area contributed by atoms with Crippen LogP contribution in [0.15, 0.2) is 0 Å². The monoisotopic (exact) mass is 309 g/mol. The molecule has 22 heavy (non-hydrogen) atoms. The maximum Gasteiger partial charge on any atom is 0.310 e. The van der Waals surface area contributed by atoms with Crippen molar-refractivity contribution in [2.24, 2.45) is 5.92 Å². The van der Waals surface area contributed by atoms with E-state index in [4.69, 9.17) is 4.74 Å². The number of hydrogen-bond donors (Lipinski definition) is 0. The molecule has 0 bridgehead atoms. The molecule has 128 valence electrons. The summed E-state index contributed by atoms with van der Waals surface area (Å²) in [5.41, 5.74) is 0.185. The third-order valence-corrected chi connectivity index (χ3v) is 5.71. The van der Waals surface area contributed by atoms with Crippen LogP contribution in [0.1, 0.15) is 92.4 Å². The molecule has 0 aromatic carbocycles. The first-order chi connectivity index (χ1) is 10.3. The molecule has 2 aliphatic rings. The van der Waals surface area contributed by atoms with E-state index in [1.54, 1.807) is 0 Å². The van der Waals surface area contributed by atoms with Gasteiger partial charge in [-0.3, -0.25) is 9.69 Å². The fourth-order valence-corrected chi connectivity index (χ4v) is 4.68. The summed E-state index contributed by atoms with van der Waals surface area (Å²) in [6.07, 6.45) is 10.0. The van der Waals surface area contributed by atoms with E-state index in [1.807, 2.05) is 0 Å². The van der Waals surface area contributed by atoms with Crippen molar-refractivity contribution in [1.82, 2.24) is 4.90 Å². The highest BCUT2D eigenvalue weighted by Crippen LogP contribution is 2.41. The van der Waals surface area contributed by atoms with Crippen molar-refractivity contribution in [2.45, 2.75) is 110 Å². The Hall–Kier alpha value is -0.570. The maximum absolute atomic E-state index is 12.6. The molecule has 2 fully saturated rings. The molecule has 3 heteroatoms. The summed E-state index contributed by atoms with van der Waals surface area (Å²) >= 11 is 0. The van der Waals surface area contributed by atoms with E-state index in [0.29, 0.717) is 0 Å². The number of hydrogen-bond acceptors (Lipinski definition) is 3. The van der Waals surface area contributed by atoms with Gasteiger partial charge in [-0.2, -0.15) is 0 Å². The van der Waals surface area contributed by atoms with Crippen LogP contribution in [0, 0.1) is 5.92 Å². The molecule has 1 saturated carbocycles. The highest BCUT2D eigenvalue weighted by atomic mass is 16.6. The SMILES string of the molecule is CCC(OC(=O)C1CCCCC1)N1C(C)(C)CCCC1(C)C. The molecule has 1 aliphatic heterocycles. The molecule has 0 radical (unpaired) electrons. The van der Waals surface area contributed by atoms with Crippen LogP contribution in [0.25, 0.3) is 0 Å². The lowest BCUT2D eigenvalue weighted by molar-refractivity contribution is -0.190. The van der Waals surface area contributed by atoms with Gasteiger partial charge in [-0.1, -0.05) is 26.2 Å². The van der Waals surface area contributed by atoms with Crippen molar-refractivity contribution in [1.29, 1.82) is 0 Å². The second kappa shape index (κ2) is 6.90. The standard InChI is InChI=1S/C19H35NO2/c1-6-16(22-17(21)15-11-8-7-9-12-15)20-18(2,3)13-10-14-19(20,4)5/h15-16H,6-14H2,1-5H3. The summed E-state index contributed by atoms with van der Waals surface area (Å²) in [6.45, 7) is 11.3. The minimum absolute atomic E-state index is 0.0451. The van der Waals surface area contributed by atoms with Gasteiger partial charge in [0.05, 0.1) is 5.92 Å². The van der Waals surface area contributed by atoms with Crippen molar-refractivity contribution in [3.63, 3.8) is 0 Å². The molecule has 1 saturated heterocycles. The Labute approximate surface area is 136 Å². The lowest BCUT2D eigenvalue weighted by atomic mass is 9.79. The van der Waals surface area contributed by atoms with Crippen LogP contribution in [0.2, 0.25) is 0 Å². The van der Waals surface area contributed by atoms with Crippen molar-refractivity contribution in [2.75, 3.05) is 0 Å². The molecular formula is C19H35NO2.